The Morgan fingerprint density at radius 3 is 2.04 bits per heavy atom. The maximum atomic E-state index is 12.4. The number of pyridine rings is 1. The van der Waals surface area contributed by atoms with Crippen molar-refractivity contribution in [3.63, 3.8) is 0 Å². The largest absolute Gasteiger partial charge is 0.494 e. The Kier molecular flexibility index (Phi) is 5.75. The van der Waals surface area contributed by atoms with Crippen LogP contribution in [-0.4, -0.2) is 37.7 Å². The summed E-state index contributed by atoms with van der Waals surface area (Å²) < 4.78 is 15.3. The second-order valence-corrected chi connectivity index (χ2v) is 5.35. The van der Waals surface area contributed by atoms with Gasteiger partial charge in [0.2, 0.25) is 0 Å². The van der Waals surface area contributed by atoms with Crippen molar-refractivity contribution in [2.45, 2.75) is 20.8 Å². The molecule has 1 aromatic heterocycles. The van der Waals surface area contributed by atoms with Crippen molar-refractivity contribution in [3.8, 4) is 16.9 Å². The average molecular weight is 343 g/mol. The lowest BCUT2D eigenvalue weighted by atomic mass is 9.92. The van der Waals surface area contributed by atoms with Crippen molar-refractivity contribution in [2.24, 2.45) is 0 Å². The molecule has 0 saturated carbocycles. The highest BCUT2D eigenvalue weighted by Crippen LogP contribution is 2.34. The lowest BCUT2D eigenvalue weighted by molar-refractivity contribution is 0.0599. The van der Waals surface area contributed by atoms with Gasteiger partial charge in [-0.1, -0.05) is 12.1 Å². The summed E-state index contributed by atoms with van der Waals surface area (Å²) in [6, 6.07) is 7.18. The van der Waals surface area contributed by atoms with Gasteiger partial charge >= 0.3 is 11.9 Å². The third-order valence-electron chi connectivity index (χ3n) is 3.77. The molecule has 0 spiro atoms. The van der Waals surface area contributed by atoms with Gasteiger partial charge in [0.25, 0.3) is 0 Å². The monoisotopic (exact) mass is 343 g/mol. The molecule has 0 aliphatic heterocycles. The molecule has 25 heavy (non-hydrogen) atoms. The molecule has 132 valence electrons. The molecule has 1 heterocycles. The first-order valence-electron chi connectivity index (χ1n) is 7.85. The van der Waals surface area contributed by atoms with Crippen LogP contribution in [0.4, 0.5) is 0 Å². The number of ether oxygens (including phenoxy) is 3. The highest BCUT2D eigenvalue weighted by Gasteiger charge is 2.27. The summed E-state index contributed by atoms with van der Waals surface area (Å²) in [5, 5.41) is 0. The first-order chi connectivity index (χ1) is 11.9. The summed E-state index contributed by atoms with van der Waals surface area (Å²) >= 11 is 0. The molecular weight excluding hydrogens is 322 g/mol. The van der Waals surface area contributed by atoms with Crippen LogP contribution < -0.4 is 4.74 Å². The zero-order valence-electron chi connectivity index (χ0n) is 15.0. The van der Waals surface area contributed by atoms with Gasteiger partial charge in [-0.25, -0.2) is 9.59 Å². The van der Waals surface area contributed by atoms with E-state index in [4.69, 9.17) is 14.2 Å². The molecular formula is C19H21NO5. The molecule has 0 N–H and O–H groups in total. The van der Waals surface area contributed by atoms with Crippen molar-refractivity contribution < 1.29 is 23.8 Å². The summed E-state index contributed by atoms with van der Waals surface area (Å²) in [5.74, 6) is -0.488. The predicted molar refractivity (Wildman–Crippen MR) is 93.0 cm³/mol. The molecule has 1 aromatic carbocycles. The number of carbonyl (C=O) groups is 2. The lowest BCUT2D eigenvalue weighted by Crippen LogP contribution is -2.16. The van der Waals surface area contributed by atoms with E-state index in [-0.39, 0.29) is 11.1 Å². The summed E-state index contributed by atoms with van der Waals surface area (Å²) in [4.78, 5) is 29.1. The van der Waals surface area contributed by atoms with Crippen LogP contribution in [0.2, 0.25) is 0 Å². The van der Waals surface area contributed by atoms with Crippen molar-refractivity contribution >= 4 is 11.9 Å². The Labute approximate surface area is 146 Å². The van der Waals surface area contributed by atoms with E-state index in [0.29, 0.717) is 34.9 Å². The van der Waals surface area contributed by atoms with Gasteiger partial charge in [-0.2, -0.15) is 0 Å². The average Bonchev–Trinajstić information content (AvgIpc) is 2.60. The fraction of sp³-hybridized carbons (Fsp3) is 0.316. The van der Waals surface area contributed by atoms with Gasteiger partial charge in [0.1, 0.15) is 5.75 Å². The SMILES string of the molecule is CCOc1cccc(-c2c(C(=O)OC)c(C)nc(C)c2C(=O)OC)c1. The molecule has 6 heteroatoms. The molecule has 2 aromatic rings. The van der Waals surface area contributed by atoms with Crippen LogP contribution in [0.5, 0.6) is 5.75 Å². The zero-order valence-corrected chi connectivity index (χ0v) is 15.0. The van der Waals surface area contributed by atoms with Gasteiger partial charge in [-0.05, 0) is 38.5 Å². The number of aromatic nitrogens is 1. The Morgan fingerprint density at radius 2 is 1.56 bits per heavy atom. The minimum Gasteiger partial charge on any atom is -0.494 e. The highest BCUT2D eigenvalue weighted by molar-refractivity contribution is 6.07. The number of aryl methyl sites for hydroxylation is 2. The standard InChI is InChI=1S/C19H21NO5/c1-6-25-14-9-7-8-13(10-14)17-15(18(21)23-4)11(2)20-12(3)16(17)19(22)24-5/h7-10H,6H2,1-5H3. The molecule has 0 unspecified atom stereocenters. The summed E-state index contributed by atoms with van der Waals surface area (Å²) in [6.45, 7) is 5.80. The molecule has 0 atom stereocenters. The van der Waals surface area contributed by atoms with Crippen LogP contribution in [0.25, 0.3) is 11.1 Å². The Balaban J connectivity index is 2.86. The molecule has 0 saturated heterocycles. The number of carbonyl (C=O) groups excluding carboxylic acids is 2. The van der Waals surface area contributed by atoms with E-state index in [2.05, 4.69) is 4.98 Å². The van der Waals surface area contributed by atoms with E-state index < -0.39 is 11.9 Å². The van der Waals surface area contributed by atoms with E-state index in [9.17, 15) is 9.59 Å². The minimum absolute atomic E-state index is 0.238. The Hall–Kier alpha value is -2.89. The smallest absolute Gasteiger partial charge is 0.340 e. The van der Waals surface area contributed by atoms with Crippen molar-refractivity contribution in [2.75, 3.05) is 20.8 Å². The van der Waals surface area contributed by atoms with Gasteiger partial charge < -0.3 is 14.2 Å². The van der Waals surface area contributed by atoms with Gasteiger partial charge in [0, 0.05) is 5.56 Å². The third-order valence-corrected chi connectivity index (χ3v) is 3.77. The van der Waals surface area contributed by atoms with Crippen molar-refractivity contribution in [1.82, 2.24) is 4.98 Å². The zero-order chi connectivity index (χ0) is 18.6. The molecule has 6 nitrogen and oxygen atoms in total. The van der Waals surface area contributed by atoms with E-state index in [1.807, 2.05) is 13.0 Å². The summed E-state index contributed by atoms with van der Waals surface area (Å²) in [6.07, 6.45) is 0. The van der Waals surface area contributed by atoms with Gasteiger partial charge in [-0.15, -0.1) is 0 Å². The van der Waals surface area contributed by atoms with Gasteiger partial charge in [0.15, 0.2) is 0 Å². The Morgan fingerprint density at radius 1 is 1.00 bits per heavy atom. The summed E-state index contributed by atoms with van der Waals surface area (Å²) in [7, 11) is 2.58. The van der Waals surface area contributed by atoms with E-state index >= 15 is 0 Å². The predicted octanol–water partition coefficient (Wildman–Crippen LogP) is 3.34. The van der Waals surface area contributed by atoms with Crippen molar-refractivity contribution in [1.29, 1.82) is 0 Å². The molecule has 0 radical (unpaired) electrons. The first-order valence-corrected chi connectivity index (χ1v) is 7.85. The molecule has 0 aliphatic rings. The molecule has 0 bridgehead atoms. The van der Waals surface area contributed by atoms with Crippen LogP contribution in [0, 0.1) is 13.8 Å². The van der Waals surface area contributed by atoms with E-state index in [1.54, 1.807) is 32.0 Å². The first kappa shape index (κ1) is 18.4. The van der Waals surface area contributed by atoms with Crippen LogP contribution in [0.15, 0.2) is 24.3 Å². The number of hydrogen-bond acceptors (Lipinski definition) is 6. The topological polar surface area (TPSA) is 74.7 Å². The van der Waals surface area contributed by atoms with E-state index in [1.165, 1.54) is 14.2 Å². The Bertz CT molecular complexity index is 773. The third kappa shape index (κ3) is 3.63. The van der Waals surface area contributed by atoms with Crippen LogP contribution in [0.3, 0.4) is 0 Å². The maximum Gasteiger partial charge on any atom is 0.340 e. The number of esters is 2. The van der Waals surface area contributed by atoms with Gasteiger partial charge in [0.05, 0.1) is 43.3 Å². The van der Waals surface area contributed by atoms with Gasteiger partial charge in [-0.3, -0.25) is 4.98 Å². The minimum atomic E-state index is -0.563. The highest BCUT2D eigenvalue weighted by atomic mass is 16.5. The lowest BCUT2D eigenvalue weighted by Gasteiger charge is -2.17. The van der Waals surface area contributed by atoms with Crippen LogP contribution in [0.1, 0.15) is 39.0 Å². The fourth-order valence-corrected chi connectivity index (χ4v) is 2.75. The molecule has 2 rings (SSSR count). The number of rotatable bonds is 5. The van der Waals surface area contributed by atoms with E-state index in [0.717, 1.165) is 0 Å². The van der Waals surface area contributed by atoms with Crippen molar-refractivity contribution in [3.05, 3.63) is 46.8 Å². The normalized spacial score (nSPS) is 10.3. The molecule has 0 fully saturated rings. The number of benzene rings is 1. The number of nitrogens with zero attached hydrogens (tertiary/aromatic N) is 1. The quantitative estimate of drug-likeness (QED) is 0.775. The summed E-state index contributed by atoms with van der Waals surface area (Å²) in [5.41, 5.74) is 2.53. The second kappa shape index (κ2) is 7.79. The van der Waals surface area contributed by atoms with Crippen LogP contribution >= 0.6 is 0 Å². The second-order valence-electron chi connectivity index (χ2n) is 5.35. The fourth-order valence-electron chi connectivity index (χ4n) is 2.75. The number of methoxy groups -OCH3 is 2. The van der Waals surface area contributed by atoms with Crippen LogP contribution in [-0.2, 0) is 9.47 Å². The number of hydrogen-bond donors (Lipinski definition) is 0. The molecule has 0 aliphatic carbocycles. The maximum absolute atomic E-state index is 12.4. The molecule has 0 amide bonds.